The van der Waals surface area contributed by atoms with Gasteiger partial charge in [-0.15, -0.1) is 0 Å². The van der Waals surface area contributed by atoms with Gasteiger partial charge in [0.2, 0.25) is 0 Å². The van der Waals surface area contributed by atoms with Gasteiger partial charge in [0.15, 0.2) is 12.2 Å². The van der Waals surface area contributed by atoms with E-state index in [4.69, 9.17) is 37.0 Å². The number of hydrogen-bond acceptors (Lipinski definition) is 15. The van der Waals surface area contributed by atoms with Gasteiger partial charge in [0.25, 0.3) is 0 Å². The predicted molar refractivity (Wildman–Crippen MR) is 405 cm³/mol. The van der Waals surface area contributed by atoms with E-state index in [0.29, 0.717) is 25.7 Å². The van der Waals surface area contributed by atoms with Crippen molar-refractivity contribution in [2.75, 3.05) is 39.6 Å². The lowest BCUT2D eigenvalue weighted by molar-refractivity contribution is -0.161. The SMILES string of the molecule is CCCCCCCCCCCCC(=O)OC[C@H](COP(=O)(O)OC[C@H](O)COP(=O)(O)OC[C@@H](COC(=O)CCCCCCCCCCCCCCCC(C)C)OC(=O)CCCCCCCCCCCCCCCCCCCCC(C)C)OC(=O)CCCCCCCCCCC(C)CC. The van der Waals surface area contributed by atoms with Gasteiger partial charge in [-0.2, -0.15) is 0 Å². The van der Waals surface area contributed by atoms with Crippen molar-refractivity contribution >= 4 is 39.5 Å². The molecule has 0 saturated heterocycles. The fourth-order valence-electron chi connectivity index (χ4n) is 12.3. The molecule has 3 N–H and O–H groups in total. The first-order valence-corrected chi connectivity index (χ1v) is 44.4. The summed E-state index contributed by atoms with van der Waals surface area (Å²) >= 11 is 0. The van der Waals surface area contributed by atoms with Crippen molar-refractivity contribution in [3.63, 3.8) is 0 Å². The van der Waals surface area contributed by atoms with Gasteiger partial charge in [0.1, 0.15) is 19.3 Å². The van der Waals surface area contributed by atoms with Crippen LogP contribution in [0.1, 0.15) is 414 Å². The van der Waals surface area contributed by atoms with Crippen molar-refractivity contribution in [2.24, 2.45) is 17.8 Å². The highest BCUT2D eigenvalue weighted by molar-refractivity contribution is 7.47. The molecule has 0 rings (SSSR count). The predicted octanol–water partition coefficient (Wildman–Crippen LogP) is 23.7. The maximum absolute atomic E-state index is 13.1. The highest BCUT2D eigenvalue weighted by Gasteiger charge is 2.30. The lowest BCUT2D eigenvalue weighted by Crippen LogP contribution is -2.30. The van der Waals surface area contributed by atoms with Gasteiger partial charge in [0.05, 0.1) is 26.4 Å². The van der Waals surface area contributed by atoms with Gasteiger partial charge in [-0.1, -0.05) is 363 Å². The molecule has 6 atom stereocenters. The van der Waals surface area contributed by atoms with Gasteiger partial charge in [0, 0.05) is 25.7 Å². The third kappa shape index (κ3) is 72.8. The summed E-state index contributed by atoms with van der Waals surface area (Å²) in [7, 11) is -9.92. The maximum Gasteiger partial charge on any atom is 0.472 e. The Labute approximate surface area is 607 Å². The Kier molecular flexibility index (Phi) is 69.0. The molecule has 0 aliphatic heterocycles. The van der Waals surface area contributed by atoms with Crippen molar-refractivity contribution in [3.05, 3.63) is 0 Å². The molecule has 0 saturated carbocycles. The minimum Gasteiger partial charge on any atom is -0.462 e. The van der Waals surface area contributed by atoms with E-state index in [2.05, 4.69) is 48.5 Å². The van der Waals surface area contributed by atoms with Gasteiger partial charge in [-0.05, 0) is 43.4 Å². The number of carbonyl (C=O) groups excluding carboxylic acids is 4. The fraction of sp³-hybridized carbons (Fsp3) is 0.950. The zero-order valence-corrected chi connectivity index (χ0v) is 66.8. The summed E-state index contributed by atoms with van der Waals surface area (Å²) in [6.45, 7) is 12.0. The number of carbonyl (C=O) groups is 4. The second-order valence-electron chi connectivity index (χ2n) is 30.0. The molecule has 3 unspecified atom stereocenters. The molecule has 0 fully saturated rings. The fourth-order valence-corrected chi connectivity index (χ4v) is 13.9. The van der Waals surface area contributed by atoms with Crippen molar-refractivity contribution in [2.45, 2.75) is 433 Å². The number of unbranched alkanes of at least 4 members (excludes halogenated alkanes) is 45. The molecule has 99 heavy (non-hydrogen) atoms. The Morgan fingerprint density at radius 2 is 0.515 bits per heavy atom. The number of hydrogen-bond donors (Lipinski definition) is 3. The smallest absolute Gasteiger partial charge is 0.462 e. The number of aliphatic hydroxyl groups excluding tert-OH is 1. The largest absolute Gasteiger partial charge is 0.472 e. The van der Waals surface area contributed by atoms with Crippen molar-refractivity contribution in [3.8, 4) is 0 Å². The summed E-state index contributed by atoms with van der Waals surface area (Å²) in [5.74, 6) is 0.267. The van der Waals surface area contributed by atoms with Crippen LogP contribution in [0.5, 0.6) is 0 Å². The third-order valence-electron chi connectivity index (χ3n) is 19.0. The van der Waals surface area contributed by atoms with Crippen LogP contribution in [0.4, 0.5) is 0 Å². The zero-order valence-electron chi connectivity index (χ0n) is 65.0. The molecule has 0 aliphatic rings. The molecule has 0 heterocycles. The van der Waals surface area contributed by atoms with E-state index in [9.17, 15) is 43.2 Å². The monoisotopic (exact) mass is 1450 g/mol. The molecule has 0 aromatic rings. The van der Waals surface area contributed by atoms with Crippen LogP contribution in [0.25, 0.3) is 0 Å². The van der Waals surface area contributed by atoms with Crippen LogP contribution in [0.15, 0.2) is 0 Å². The van der Waals surface area contributed by atoms with Gasteiger partial charge >= 0.3 is 39.5 Å². The average Bonchev–Trinajstić information content (AvgIpc) is 1.17. The number of rotatable bonds is 78. The Bertz CT molecular complexity index is 1920. The highest BCUT2D eigenvalue weighted by atomic mass is 31.2. The first-order valence-electron chi connectivity index (χ1n) is 41.4. The first kappa shape index (κ1) is 97.1. The molecule has 0 aromatic carbocycles. The molecular formula is C80H156O17P2. The first-order chi connectivity index (χ1) is 47.8. The Balaban J connectivity index is 5.22. The van der Waals surface area contributed by atoms with Crippen LogP contribution in [-0.2, 0) is 65.4 Å². The summed E-state index contributed by atoms with van der Waals surface area (Å²) in [5, 5.41) is 10.6. The third-order valence-corrected chi connectivity index (χ3v) is 20.9. The standard InChI is InChI=1S/C80H156O17P2/c1-8-10-11-12-13-14-32-40-47-54-61-77(82)90-68-76(97-80(85)64-57-50-43-36-35-39-46-53-60-73(7)9-2)70-95-99(88,89)93-66-74(81)65-92-98(86,87)94-69-75(67-91-78(83)62-55-48-41-33-28-25-21-23-27-31-38-45-52-59-72(5)6)96-79(84)63-56-49-42-34-29-24-20-18-16-15-17-19-22-26-30-37-44-51-58-71(3)4/h71-76,81H,8-70H2,1-7H3,(H,86,87)(H,88,89)/t73?,74-,75-,76-/m1/s1. The van der Waals surface area contributed by atoms with E-state index in [0.717, 1.165) is 108 Å². The Hall–Kier alpha value is -1.94. The molecule has 19 heteroatoms. The van der Waals surface area contributed by atoms with Crippen LogP contribution in [-0.4, -0.2) is 96.7 Å². The van der Waals surface area contributed by atoms with Crippen LogP contribution in [0.3, 0.4) is 0 Å². The lowest BCUT2D eigenvalue weighted by atomic mass is 9.99. The second kappa shape index (κ2) is 70.4. The van der Waals surface area contributed by atoms with E-state index >= 15 is 0 Å². The number of phosphoric ester groups is 2. The molecule has 0 spiro atoms. The van der Waals surface area contributed by atoms with E-state index in [1.807, 2.05) is 0 Å². The summed E-state index contributed by atoms with van der Waals surface area (Å²) in [4.78, 5) is 72.9. The van der Waals surface area contributed by atoms with Crippen LogP contribution < -0.4 is 0 Å². The molecule has 0 amide bonds. The van der Waals surface area contributed by atoms with Crippen LogP contribution >= 0.6 is 15.6 Å². The highest BCUT2D eigenvalue weighted by Crippen LogP contribution is 2.45. The van der Waals surface area contributed by atoms with Crippen molar-refractivity contribution in [1.82, 2.24) is 0 Å². The summed E-state index contributed by atoms with van der Waals surface area (Å²) in [6, 6.07) is 0. The minimum atomic E-state index is -4.96. The minimum absolute atomic E-state index is 0.105. The summed E-state index contributed by atoms with van der Waals surface area (Å²) in [5.41, 5.74) is 0. The zero-order chi connectivity index (χ0) is 73.0. The average molecular weight is 1450 g/mol. The number of esters is 4. The quantitative estimate of drug-likeness (QED) is 0.0222. The molecule has 0 aromatic heterocycles. The summed E-state index contributed by atoms with van der Waals surface area (Å²) in [6.07, 6.45) is 58.2. The Morgan fingerprint density at radius 1 is 0.293 bits per heavy atom. The van der Waals surface area contributed by atoms with Gasteiger partial charge in [-0.3, -0.25) is 37.3 Å². The normalized spacial score (nSPS) is 14.3. The molecule has 0 bridgehead atoms. The number of phosphoric acid groups is 2. The summed E-state index contributed by atoms with van der Waals surface area (Å²) < 4.78 is 68.6. The maximum atomic E-state index is 13.1. The molecule has 17 nitrogen and oxygen atoms in total. The molecule has 0 radical (unpaired) electrons. The van der Waals surface area contributed by atoms with E-state index in [1.165, 1.54) is 225 Å². The molecule has 0 aliphatic carbocycles. The van der Waals surface area contributed by atoms with Crippen LogP contribution in [0, 0.1) is 17.8 Å². The van der Waals surface area contributed by atoms with Gasteiger partial charge < -0.3 is 33.8 Å². The Morgan fingerprint density at radius 3 is 0.768 bits per heavy atom. The van der Waals surface area contributed by atoms with Crippen molar-refractivity contribution < 1.29 is 80.2 Å². The van der Waals surface area contributed by atoms with Gasteiger partial charge in [-0.25, -0.2) is 9.13 Å². The lowest BCUT2D eigenvalue weighted by Gasteiger charge is -2.21. The van der Waals surface area contributed by atoms with E-state index in [-0.39, 0.29) is 25.7 Å². The molecule has 588 valence electrons. The van der Waals surface area contributed by atoms with E-state index < -0.39 is 97.5 Å². The number of ether oxygens (including phenoxy) is 4. The van der Waals surface area contributed by atoms with Crippen molar-refractivity contribution in [1.29, 1.82) is 0 Å². The molecular weight excluding hydrogens is 1290 g/mol. The van der Waals surface area contributed by atoms with E-state index in [1.54, 1.807) is 0 Å². The second-order valence-corrected chi connectivity index (χ2v) is 32.9. The number of aliphatic hydroxyl groups is 1. The topological polar surface area (TPSA) is 237 Å². The van der Waals surface area contributed by atoms with Crippen LogP contribution in [0.2, 0.25) is 0 Å².